The molecular formula is C14H14F4N2O3. The fourth-order valence-electron chi connectivity index (χ4n) is 2.11. The van der Waals surface area contributed by atoms with Crippen molar-refractivity contribution in [3.05, 3.63) is 29.8 Å². The average Bonchev–Trinajstić information content (AvgIpc) is 2.87. The Morgan fingerprint density at radius 1 is 1.43 bits per heavy atom. The van der Waals surface area contributed by atoms with Crippen molar-refractivity contribution in [1.82, 2.24) is 5.01 Å². The Balaban J connectivity index is 2.36. The normalized spacial score (nSPS) is 21.0. The van der Waals surface area contributed by atoms with Crippen molar-refractivity contribution < 1.29 is 32.2 Å². The van der Waals surface area contributed by atoms with Crippen LogP contribution in [0.5, 0.6) is 5.75 Å². The molecule has 0 aromatic heterocycles. The van der Waals surface area contributed by atoms with E-state index in [1.54, 1.807) is 6.92 Å². The molecule has 1 aromatic rings. The SMILES string of the molecule is CCOc1cccc(C(=O)N2N=C(C(F)F)C[C@@]2(O)C(F)F)c1. The molecule has 1 amide bonds. The lowest BCUT2D eigenvalue weighted by Crippen LogP contribution is -2.51. The molecule has 126 valence electrons. The van der Waals surface area contributed by atoms with Crippen LogP contribution in [0, 0.1) is 0 Å². The van der Waals surface area contributed by atoms with Crippen LogP contribution >= 0.6 is 0 Å². The fraction of sp³-hybridized carbons (Fsp3) is 0.429. The lowest BCUT2D eigenvalue weighted by atomic mass is 10.1. The van der Waals surface area contributed by atoms with Crippen molar-refractivity contribution in [2.75, 3.05) is 6.61 Å². The van der Waals surface area contributed by atoms with Gasteiger partial charge in [0, 0.05) is 12.0 Å². The summed E-state index contributed by atoms with van der Waals surface area (Å²) in [6, 6.07) is 5.52. The lowest BCUT2D eigenvalue weighted by Gasteiger charge is -2.30. The van der Waals surface area contributed by atoms with Gasteiger partial charge < -0.3 is 9.84 Å². The Morgan fingerprint density at radius 3 is 2.70 bits per heavy atom. The van der Waals surface area contributed by atoms with Crippen molar-refractivity contribution in [1.29, 1.82) is 0 Å². The van der Waals surface area contributed by atoms with Crippen LogP contribution < -0.4 is 4.74 Å². The van der Waals surface area contributed by atoms with Gasteiger partial charge in [0.05, 0.1) is 6.61 Å². The van der Waals surface area contributed by atoms with Gasteiger partial charge in [-0.1, -0.05) is 6.07 Å². The average molecular weight is 334 g/mol. The van der Waals surface area contributed by atoms with E-state index in [4.69, 9.17) is 4.74 Å². The molecule has 0 spiro atoms. The van der Waals surface area contributed by atoms with Crippen molar-refractivity contribution in [2.24, 2.45) is 5.10 Å². The maximum absolute atomic E-state index is 13.1. The number of hydrogen-bond donors (Lipinski definition) is 1. The molecule has 23 heavy (non-hydrogen) atoms. The molecule has 0 unspecified atom stereocenters. The number of alkyl halides is 4. The van der Waals surface area contributed by atoms with Crippen LogP contribution in [0.15, 0.2) is 29.4 Å². The number of hydrogen-bond acceptors (Lipinski definition) is 4. The van der Waals surface area contributed by atoms with Crippen LogP contribution in [-0.2, 0) is 0 Å². The third-order valence-electron chi connectivity index (χ3n) is 3.22. The van der Waals surface area contributed by atoms with Gasteiger partial charge in [0.1, 0.15) is 11.5 Å². The predicted octanol–water partition coefficient (Wildman–Crippen LogP) is 2.51. The minimum Gasteiger partial charge on any atom is -0.494 e. The largest absolute Gasteiger partial charge is 0.494 e. The number of hydrazone groups is 1. The molecular weight excluding hydrogens is 320 g/mol. The molecule has 0 bridgehead atoms. The Morgan fingerprint density at radius 2 is 2.13 bits per heavy atom. The number of ether oxygens (including phenoxy) is 1. The molecule has 0 fully saturated rings. The van der Waals surface area contributed by atoms with Crippen LogP contribution in [0.4, 0.5) is 17.6 Å². The fourth-order valence-corrected chi connectivity index (χ4v) is 2.11. The molecule has 5 nitrogen and oxygen atoms in total. The molecule has 1 N–H and O–H groups in total. The summed E-state index contributed by atoms with van der Waals surface area (Å²) in [7, 11) is 0. The summed E-state index contributed by atoms with van der Waals surface area (Å²) >= 11 is 0. The van der Waals surface area contributed by atoms with E-state index >= 15 is 0 Å². The number of rotatable bonds is 5. The molecule has 2 rings (SSSR count). The first kappa shape index (κ1) is 17.2. The molecule has 9 heteroatoms. The number of benzene rings is 1. The zero-order valence-electron chi connectivity index (χ0n) is 12.0. The van der Waals surface area contributed by atoms with Crippen molar-refractivity contribution in [3.8, 4) is 5.75 Å². The Kier molecular flexibility index (Phi) is 4.88. The maximum Gasteiger partial charge on any atom is 0.287 e. The summed E-state index contributed by atoms with van der Waals surface area (Å²) < 4.78 is 56.8. The molecule has 1 aliphatic rings. The summed E-state index contributed by atoms with van der Waals surface area (Å²) in [5, 5.41) is 13.1. The van der Waals surface area contributed by atoms with E-state index in [0.717, 1.165) is 0 Å². The Bertz CT molecular complexity index is 624. The number of halogens is 4. The molecule has 0 aliphatic carbocycles. The van der Waals surface area contributed by atoms with Gasteiger partial charge in [-0.05, 0) is 25.1 Å². The molecule has 1 heterocycles. The number of carbonyl (C=O) groups excluding carboxylic acids is 1. The standard InChI is InChI=1S/C14H14F4N2O3/c1-2-23-9-5-3-4-8(6-9)12(21)20-14(22,13(17)18)7-10(19-20)11(15)16/h3-6,11,13,22H,2,7H2,1H3/t14-/m1/s1. The second kappa shape index (κ2) is 6.53. The zero-order valence-corrected chi connectivity index (χ0v) is 12.0. The molecule has 1 aliphatic heterocycles. The molecule has 1 aromatic carbocycles. The van der Waals surface area contributed by atoms with Crippen molar-refractivity contribution in [2.45, 2.75) is 31.9 Å². The smallest absolute Gasteiger partial charge is 0.287 e. The first-order valence-corrected chi connectivity index (χ1v) is 6.73. The van der Waals surface area contributed by atoms with E-state index in [1.165, 1.54) is 24.3 Å². The maximum atomic E-state index is 13.1. The highest BCUT2D eigenvalue weighted by Crippen LogP contribution is 2.34. The molecule has 0 radical (unpaired) electrons. The van der Waals surface area contributed by atoms with Crippen LogP contribution in [0.25, 0.3) is 0 Å². The predicted molar refractivity (Wildman–Crippen MR) is 72.8 cm³/mol. The van der Waals surface area contributed by atoms with E-state index in [9.17, 15) is 27.5 Å². The summed E-state index contributed by atoms with van der Waals surface area (Å²) in [5.41, 5.74) is -4.18. The third-order valence-corrected chi connectivity index (χ3v) is 3.22. The van der Waals surface area contributed by atoms with E-state index in [-0.39, 0.29) is 10.6 Å². The van der Waals surface area contributed by atoms with Gasteiger partial charge in [-0.2, -0.15) is 10.1 Å². The Hall–Kier alpha value is -2.16. The molecule has 0 saturated carbocycles. The first-order chi connectivity index (χ1) is 10.8. The van der Waals surface area contributed by atoms with Gasteiger partial charge in [-0.15, -0.1) is 0 Å². The zero-order chi connectivity index (χ0) is 17.2. The number of nitrogens with zero attached hydrogens (tertiary/aromatic N) is 2. The number of aliphatic hydroxyl groups is 1. The van der Waals surface area contributed by atoms with Crippen LogP contribution in [0.2, 0.25) is 0 Å². The van der Waals surface area contributed by atoms with Crippen LogP contribution in [-0.4, -0.2) is 46.9 Å². The van der Waals surface area contributed by atoms with Gasteiger partial charge in [0.15, 0.2) is 0 Å². The van der Waals surface area contributed by atoms with Gasteiger partial charge in [0.2, 0.25) is 5.72 Å². The van der Waals surface area contributed by atoms with E-state index in [0.29, 0.717) is 12.4 Å². The van der Waals surface area contributed by atoms with Crippen LogP contribution in [0.3, 0.4) is 0 Å². The van der Waals surface area contributed by atoms with E-state index in [2.05, 4.69) is 5.10 Å². The minimum absolute atomic E-state index is 0.0181. The second-order valence-electron chi connectivity index (χ2n) is 4.83. The summed E-state index contributed by atoms with van der Waals surface area (Å²) in [6.45, 7) is 2.03. The highest BCUT2D eigenvalue weighted by atomic mass is 19.3. The van der Waals surface area contributed by atoms with Crippen molar-refractivity contribution in [3.63, 3.8) is 0 Å². The quantitative estimate of drug-likeness (QED) is 0.842. The second-order valence-corrected chi connectivity index (χ2v) is 4.83. The van der Waals surface area contributed by atoms with Crippen LogP contribution in [0.1, 0.15) is 23.7 Å². The minimum atomic E-state index is -3.46. The van der Waals surface area contributed by atoms with Gasteiger partial charge in [0.25, 0.3) is 18.8 Å². The summed E-state index contributed by atoms with van der Waals surface area (Å²) in [6.07, 6.45) is -7.71. The first-order valence-electron chi connectivity index (χ1n) is 6.73. The highest BCUT2D eigenvalue weighted by Gasteiger charge is 2.53. The van der Waals surface area contributed by atoms with E-state index in [1.807, 2.05) is 0 Å². The van der Waals surface area contributed by atoms with Crippen molar-refractivity contribution >= 4 is 11.6 Å². The molecule has 0 saturated heterocycles. The summed E-state index contributed by atoms with van der Waals surface area (Å²) in [4.78, 5) is 12.3. The highest BCUT2D eigenvalue weighted by molar-refractivity contribution is 5.99. The van der Waals surface area contributed by atoms with Gasteiger partial charge in [-0.3, -0.25) is 4.79 Å². The molecule has 1 atom stereocenters. The third kappa shape index (κ3) is 3.29. The number of carbonyl (C=O) groups is 1. The van der Waals surface area contributed by atoms with E-state index < -0.39 is 36.6 Å². The van der Waals surface area contributed by atoms with Gasteiger partial charge in [-0.25, -0.2) is 17.6 Å². The topological polar surface area (TPSA) is 62.1 Å². The van der Waals surface area contributed by atoms with Gasteiger partial charge >= 0.3 is 0 Å². The number of amides is 1. The Labute approximate surface area is 129 Å². The monoisotopic (exact) mass is 334 g/mol. The summed E-state index contributed by atoms with van der Waals surface area (Å²) in [5.74, 6) is -0.818. The lowest BCUT2D eigenvalue weighted by molar-refractivity contribution is -0.164.